The molecule has 0 spiro atoms. The molecular formula is C22H23N3O3. The monoisotopic (exact) mass is 377 g/mol. The molecule has 0 aliphatic rings. The Hall–Kier alpha value is -3.41. The minimum atomic E-state index is 0.00669. The van der Waals surface area contributed by atoms with Gasteiger partial charge in [-0.2, -0.15) is 0 Å². The second-order valence-corrected chi connectivity index (χ2v) is 6.45. The maximum absolute atomic E-state index is 12.1. The highest BCUT2D eigenvalue weighted by atomic mass is 16.5. The van der Waals surface area contributed by atoms with Crippen LogP contribution in [0.1, 0.15) is 31.2 Å². The van der Waals surface area contributed by atoms with Crippen LogP contribution in [0.15, 0.2) is 67.1 Å². The summed E-state index contributed by atoms with van der Waals surface area (Å²) in [6, 6.07) is 14.4. The number of unbranched alkanes of at least 4 members (excludes halogenated alkanes) is 2. The molecule has 0 radical (unpaired) electrons. The van der Waals surface area contributed by atoms with E-state index in [9.17, 15) is 9.90 Å². The summed E-state index contributed by atoms with van der Waals surface area (Å²) in [6.45, 7) is 0. The molecule has 2 aromatic carbocycles. The Morgan fingerprint density at radius 3 is 2.46 bits per heavy atom. The summed E-state index contributed by atoms with van der Waals surface area (Å²) < 4.78 is 5.57. The number of carbonyl (C=O) groups excluding carboxylic acids is 1. The summed E-state index contributed by atoms with van der Waals surface area (Å²) in [6.07, 6.45) is 8.98. The summed E-state index contributed by atoms with van der Waals surface area (Å²) in [5, 5.41) is 12.2. The number of aromatic nitrogens is 2. The molecule has 2 N–H and O–H groups in total. The van der Waals surface area contributed by atoms with Crippen LogP contribution in [0, 0.1) is 0 Å². The van der Waals surface area contributed by atoms with Crippen molar-refractivity contribution in [2.24, 2.45) is 0 Å². The second kappa shape index (κ2) is 10.1. The summed E-state index contributed by atoms with van der Waals surface area (Å²) in [7, 11) is 0. The molecule has 0 aliphatic carbocycles. The molecule has 0 fully saturated rings. The van der Waals surface area contributed by atoms with E-state index in [4.69, 9.17) is 4.74 Å². The van der Waals surface area contributed by atoms with E-state index >= 15 is 0 Å². The average Bonchev–Trinajstić information content (AvgIpc) is 2.71. The third-order valence-electron chi connectivity index (χ3n) is 4.21. The molecule has 28 heavy (non-hydrogen) atoms. The van der Waals surface area contributed by atoms with Crippen LogP contribution < -0.4 is 10.1 Å². The molecule has 0 atom stereocenters. The van der Waals surface area contributed by atoms with Crippen molar-refractivity contribution in [3.05, 3.63) is 72.7 Å². The van der Waals surface area contributed by atoms with Crippen LogP contribution >= 0.6 is 0 Å². The smallest absolute Gasteiger partial charge is 0.237 e. The van der Waals surface area contributed by atoms with Gasteiger partial charge in [-0.15, -0.1) is 0 Å². The van der Waals surface area contributed by atoms with Gasteiger partial charge in [0.15, 0.2) is 0 Å². The van der Waals surface area contributed by atoms with Crippen LogP contribution in [0.4, 0.5) is 5.69 Å². The van der Waals surface area contributed by atoms with E-state index in [1.807, 2.05) is 12.1 Å². The fourth-order valence-electron chi connectivity index (χ4n) is 2.74. The van der Waals surface area contributed by atoms with Gasteiger partial charge in [-0.25, -0.2) is 4.98 Å². The average molecular weight is 377 g/mol. The number of phenols is 1. The molecule has 3 aromatic rings. The molecule has 0 bridgehead atoms. The minimum Gasteiger partial charge on any atom is -0.508 e. The summed E-state index contributed by atoms with van der Waals surface area (Å²) in [5.74, 6) is 1.35. The molecule has 1 amide bonds. The Bertz CT molecular complexity index is 866. The van der Waals surface area contributed by atoms with Crippen LogP contribution in [0.3, 0.4) is 0 Å². The first-order valence-electron chi connectivity index (χ1n) is 9.31. The van der Waals surface area contributed by atoms with Crippen molar-refractivity contribution in [1.82, 2.24) is 9.97 Å². The van der Waals surface area contributed by atoms with E-state index < -0.39 is 0 Å². The standard InChI is InChI=1S/C22H23N3O3/c26-19-10-6-17(7-11-19)4-2-1-3-5-21(27)25-18-8-12-20(13-9-18)28-22-16-23-14-15-24-22/h6-16,26H,1-5H2,(H,25,27). The number of nitrogens with one attached hydrogen (secondary N) is 1. The van der Waals surface area contributed by atoms with E-state index in [0.717, 1.165) is 31.4 Å². The molecule has 6 nitrogen and oxygen atoms in total. The van der Waals surface area contributed by atoms with E-state index in [2.05, 4.69) is 15.3 Å². The third kappa shape index (κ3) is 6.39. The fraction of sp³-hybridized carbons (Fsp3) is 0.227. The Kier molecular flexibility index (Phi) is 6.95. The van der Waals surface area contributed by atoms with E-state index in [1.54, 1.807) is 48.8 Å². The zero-order valence-electron chi connectivity index (χ0n) is 15.5. The number of phenolic OH excluding ortho intramolecular Hbond substituents is 1. The number of hydrogen-bond acceptors (Lipinski definition) is 5. The highest BCUT2D eigenvalue weighted by Gasteiger charge is 2.04. The maximum atomic E-state index is 12.1. The first-order valence-corrected chi connectivity index (χ1v) is 9.31. The topological polar surface area (TPSA) is 84.3 Å². The van der Waals surface area contributed by atoms with Crippen molar-refractivity contribution in [1.29, 1.82) is 0 Å². The number of carbonyl (C=O) groups is 1. The van der Waals surface area contributed by atoms with Crippen molar-refractivity contribution in [2.45, 2.75) is 32.1 Å². The van der Waals surface area contributed by atoms with Gasteiger partial charge in [0.2, 0.25) is 11.8 Å². The predicted octanol–water partition coefficient (Wildman–Crippen LogP) is 4.72. The third-order valence-corrected chi connectivity index (χ3v) is 4.21. The summed E-state index contributed by atoms with van der Waals surface area (Å²) in [4.78, 5) is 20.1. The number of aryl methyl sites for hydroxylation is 1. The number of anilines is 1. The molecular weight excluding hydrogens is 354 g/mol. The predicted molar refractivity (Wildman–Crippen MR) is 107 cm³/mol. The molecule has 0 saturated carbocycles. The number of amides is 1. The number of ether oxygens (including phenoxy) is 1. The van der Waals surface area contributed by atoms with Crippen LogP contribution in [0.2, 0.25) is 0 Å². The zero-order chi connectivity index (χ0) is 19.6. The fourth-order valence-corrected chi connectivity index (χ4v) is 2.74. The maximum Gasteiger partial charge on any atom is 0.237 e. The SMILES string of the molecule is O=C(CCCCCc1ccc(O)cc1)Nc1ccc(Oc2cnccn2)cc1. The van der Waals surface area contributed by atoms with Crippen LogP contribution in [-0.2, 0) is 11.2 Å². The van der Waals surface area contributed by atoms with Crippen LogP contribution in [0.25, 0.3) is 0 Å². The van der Waals surface area contributed by atoms with Gasteiger partial charge in [0.05, 0.1) is 6.20 Å². The zero-order valence-corrected chi connectivity index (χ0v) is 15.5. The highest BCUT2D eigenvalue weighted by Crippen LogP contribution is 2.21. The van der Waals surface area contributed by atoms with Crippen molar-refractivity contribution in [2.75, 3.05) is 5.32 Å². The van der Waals surface area contributed by atoms with Crippen molar-refractivity contribution in [3.63, 3.8) is 0 Å². The van der Waals surface area contributed by atoms with Gasteiger partial charge in [0.25, 0.3) is 0 Å². The number of rotatable bonds is 9. The van der Waals surface area contributed by atoms with Crippen molar-refractivity contribution >= 4 is 11.6 Å². The quantitative estimate of drug-likeness (QED) is 0.527. The van der Waals surface area contributed by atoms with Gasteiger partial charge >= 0.3 is 0 Å². The van der Waals surface area contributed by atoms with Gasteiger partial charge in [-0.05, 0) is 61.2 Å². The first kappa shape index (κ1) is 19.4. The molecule has 1 aromatic heterocycles. The Labute approximate surface area is 164 Å². The Morgan fingerprint density at radius 1 is 0.964 bits per heavy atom. The van der Waals surface area contributed by atoms with Crippen LogP contribution in [-0.4, -0.2) is 21.0 Å². The molecule has 6 heteroatoms. The molecule has 3 rings (SSSR count). The number of benzene rings is 2. The van der Waals surface area contributed by atoms with Crippen LogP contribution in [0.5, 0.6) is 17.4 Å². The minimum absolute atomic E-state index is 0.00669. The number of nitrogens with zero attached hydrogens (tertiary/aromatic N) is 2. The van der Waals surface area contributed by atoms with Crippen molar-refractivity contribution in [3.8, 4) is 17.4 Å². The Morgan fingerprint density at radius 2 is 1.75 bits per heavy atom. The van der Waals surface area contributed by atoms with Gasteiger partial charge in [-0.1, -0.05) is 18.6 Å². The molecule has 0 saturated heterocycles. The number of aromatic hydroxyl groups is 1. The summed E-state index contributed by atoms with van der Waals surface area (Å²) in [5.41, 5.74) is 1.94. The first-order chi connectivity index (χ1) is 13.7. The van der Waals surface area contributed by atoms with Crippen molar-refractivity contribution < 1.29 is 14.6 Å². The lowest BCUT2D eigenvalue weighted by atomic mass is 10.1. The van der Waals surface area contributed by atoms with E-state index in [-0.39, 0.29) is 11.7 Å². The number of hydrogen-bond donors (Lipinski definition) is 2. The normalized spacial score (nSPS) is 10.4. The van der Waals surface area contributed by atoms with E-state index in [0.29, 0.717) is 18.1 Å². The molecule has 1 heterocycles. The largest absolute Gasteiger partial charge is 0.508 e. The highest BCUT2D eigenvalue weighted by molar-refractivity contribution is 5.90. The lowest BCUT2D eigenvalue weighted by Crippen LogP contribution is -2.10. The molecule has 144 valence electrons. The van der Waals surface area contributed by atoms with Gasteiger partial charge < -0.3 is 15.2 Å². The second-order valence-electron chi connectivity index (χ2n) is 6.45. The lowest BCUT2D eigenvalue weighted by molar-refractivity contribution is -0.116. The van der Waals surface area contributed by atoms with Gasteiger partial charge in [-0.3, -0.25) is 9.78 Å². The van der Waals surface area contributed by atoms with Gasteiger partial charge in [0, 0.05) is 24.5 Å². The summed E-state index contributed by atoms with van der Waals surface area (Å²) >= 11 is 0. The Balaban J connectivity index is 1.34. The lowest BCUT2D eigenvalue weighted by Gasteiger charge is -2.07. The van der Waals surface area contributed by atoms with E-state index in [1.165, 1.54) is 11.8 Å². The van der Waals surface area contributed by atoms with Gasteiger partial charge in [0.1, 0.15) is 11.5 Å². The molecule has 0 unspecified atom stereocenters. The molecule has 0 aliphatic heterocycles.